The summed E-state index contributed by atoms with van der Waals surface area (Å²) in [6, 6.07) is 8.17. The SMILES string of the molecule is COc1cccc(C2CCCN2C(=O)CSc2nccn2C)c1. The molecule has 1 aromatic carbocycles. The van der Waals surface area contributed by atoms with Crippen molar-refractivity contribution in [3.8, 4) is 5.75 Å². The van der Waals surface area contributed by atoms with Crippen molar-refractivity contribution in [3.63, 3.8) is 0 Å². The average molecular weight is 331 g/mol. The van der Waals surface area contributed by atoms with Crippen molar-refractivity contribution in [2.24, 2.45) is 7.05 Å². The van der Waals surface area contributed by atoms with Crippen LogP contribution in [-0.4, -0.2) is 39.8 Å². The second-order valence-corrected chi connectivity index (χ2v) is 6.57. The summed E-state index contributed by atoms with van der Waals surface area (Å²) < 4.78 is 7.23. The molecule has 0 spiro atoms. The van der Waals surface area contributed by atoms with Crippen LogP contribution in [0, 0.1) is 0 Å². The lowest BCUT2D eigenvalue weighted by atomic mass is 10.0. The molecular weight excluding hydrogens is 310 g/mol. The van der Waals surface area contributed by atoms with E-state index in [1.54, 1.807) is 13.3 Å². The molecule has 6 heteroatoms. The molecule has 2 aromatic rings. The number of likely N-dealkylation sites (tertiary alicyclic amines) is 1. The summed E-state index contributed by atoms with van der Waals surface area (Å²) in [4.78, 5) is 18.9. The molecule has 0 radical (unpaired) electrons. The van der Waals surface area contributed by atoms with Crippen LogP contribution in [0.25, 0.3) is 0 Å². The summed E-state index contributed by atoms with van der Waals surface area (Å²) in [5.74, 6) is 1.43. The third-order valence-electron chi connectivity index (χ3n) is 4.15. The highest BCUT2D eigenvalue weighted by atomic mass is 32.2. The number of rotatable bonds is 5. The molecule has 2 heterocycles. The Morgan fingerprint density at radius 3 is 3.09 bits per heavy atom. The van der Waals surface area contributed by atoms with Crippen molar-refractivity contribution in [1.82, 2.24) is 14.5 Å². The van der Waals surface area contributed by atoms with E-state index in [0.29, 0.717) is 5.75 Å². The third kappa shape index (κ3) is 3.52. The molecule has 3 rings (SSSR count). The fourth-order valence-electron chi connectivity index (χ4n) is 2.96. The van der Waals surface area contributed by atoms with E-state index in [1.165, 1.54) is 11.8 Å². The Kier molecular flexibility index (Phi) is 4.91. The highest BCUT2D eigenvalue weighted by molar-refractivity contribution is 7.99. The molecule has 0 N–H and O–H groups in total. The molecule has 0 bridgehead atoms. The molecule has 1 fully saturated rings. The number of thioether (sulfide) groups is 1. The Morgan fingerprint density at radius 1 is 1.48 bits per heavy atom. The van der Waals surface area contributed by atoms with E-state index in [1.807, 2.05) is 40.9 Å². The van der Waals surface area contributed by atoms with Gasteiger partial charge in [-0.15, -0.1) is 0 Å². The van der Waals surface area contributed by atoms with Crippen LogP contribution in [0.15, 0.2) is 41.8 Å². The molecule has 1 saturated heterocycles. The number of aromatic nitrogens is 2. The van der Waals surface area contributed by atoms with Gasteiger partial charge in [-0.05, 0) is 30.5 Å². The molecule has 1 aliphatic heterocycles. The highest BCUT2D eigenvalue weighted by Crippen LogP contribution is 2.34. The highest BCUT2D eigenvalue weighted by Gasteiger charge is 2.30. The first-order valence-electron chi connectivity index (χ1n) is 7.72. The first-order valence-corrected chi connectivity index (χ1v) is 8.71. The van der Waals surface area contributed by atoms with E-state index in [2.05, 4.69) is 11.1 Å². The number of methoxy groups -OCH3 is 1. The molecule has 1 amide bonds. The molecule has 0 saturated carbocycles. The van der Waals surface area contributed by atoms with Crippen LogP contribution in [0.4, 0.5) is 0 Å². The lowest BCUT2D eigenvalue weighted by Gasteiger charge is -2.25. The molecule has 5 nitrogen and oxygen atoms in total. The van der Waals surface area contributed by atoms with Gasteiger partial charge in [0, 0.05) is 26.0 Å². The number of aryl methyl sites for hydroxylation is 1. The number of nitrogens with zero attached hydrogens (tertiary/aromatic N) is 3. The molecule has 0 aliphatic carbocycles. The quantitative estimate of drug-likeness (QED) is 0.791. The Labute approximate surface area is 140 Å². The van der Waals surface area contributed by atoms with Crippen LogP contribution in [0.3, 0.4) is 0 Å². The lowest BCUT2D eigenvalue weighted by Crippen LogP contribution is -2.32. The Bertz CT molecular complexity index is 686. The van der Waals surface area contributed by atoms with E-state index in [-0.39, 0.29) is 11.9 Å². The van der Waals surface area contributed by atoms with Gasteiger partial charge in [-0.1, -0.05) is 23.9 Å². The first kappa shape index (κ1) is 15.9. The Morgan fingerprint density at radius 2 is 2.35 bits per heavy atom. The number of carbonyl (C=O) groups is 1. The zero-order valence-electron chi connectivity index (χ0n) is 13.4. The fraction of sp³-hybridized carbons (Fsp3) is 0.412. The second kappa shape index (κ2) is 7.08. The Hall–Kier alpha value is -1.95. The van der Waals surface area contributed by atoms with Gasteiger partial charge in [0.05, 0.1) is 18.9 Å². The van der Waals surface area contributed by atoms with Gasteiger partial charge >= 0.3 is 0 Å². The molecule has 122 valence electrons. The van der Waals surface area contributed by atoms with Gasteiger partial charge < -0.3 is 14.2 Å². The summed E-state index contributed by atoms with van der Waals surface area (Å²) in [6.07, 6.45) is 5.69. The molecule has 1 atom stereocenters. The largest absolute Gasteiger partial charge is 0.497 e. The molecule has 1 aliphatic rings. The molecule has 23 heavy (non-hydrogen) atoms. The van der Waals surface area contributed by atoms with Gasteiger partial charge in [0.2, 0.25) is 5.91 Å². The van der Waals surface area contributed by atoms with Crippen molar-refractivity contribution in [1.29, 1.82) is 0 Å². The van der Waals surface area contributed by atoms with Crippen molar-refractivity contribution >= 4 is 17.7 Å². The minimum Gasteiger partial charge on any atom is -0.497 e. The van der Waals surface area contributed by atoms with Gasteiger partial charge in [0.15, 0.2) is 5.16 Å². The van der Waals surface area contributed by atoms with Gasteiger partial charge in [-0.25, -0.2) is 4.98 Å². The predicted molar refractivity (Wildman–Crippen MR) is 90.6 cm³/mol. The minimum absolute atomic E-state index is 0.152. The van der Waals surface area contributed by atoms with Crippen LogP contribution >= 0.6 is 11.8 Å². The number of hydrogen-bond acceptors (Lipinski definition) is 4. The standard InChI is InChI=1S/C17H21N3O2S/c1-19-10-8-18-17(19)23-12-16(21)20-9-4-7-15(20)13-5-3-6-14(11-13)22-2/h3,5-6,8,10-11,15H,4,7,9,12H2,1-2H3. The van der Waals surface area contributed by atoms with Gasteiger partial charge in [-0.2, -0.15) is 0 Å². The van der Waals surface area contributed by atoms with Gasteiger partial charge in [-0.3, -0.25) is 4.79 Å². The maximum absolute atomic E-state index is 12.6. The van der Waals surface area contributed by atoms with E-state index >= 15 is 0 Å². The average Bonchev–Trinajstić information content (AvgIpc) is 3.21. The van der Waals surface area contributed by atoms with Crippen LogP contribution in [0.1, 0.15) is 24.4 Å². The topological polar surface area (TPSA) is 47.4 Å². The third-order valence-corrected chi connectivity index (χ3v) is 5.20. The summed E-state index contributed by atoms with van der Waals surface area (Å²) in [5.41, 5.74) is 1.15. The van der Waals surface area contributed by atoms with Crippen molar-refractivity contribution in [2.45, 2.75) is 24.0 Å². The van der Waals surface area contributed by atoms with Gasteiger partial charge in [0.1, 0.15) is 5.75 Å². The number of ether oxygens (including phenoxy) is 1. The van der Waals surface area contributed by atoms with E-state index < -0.39 is 0 Å². The summed E-state index contributed by atoms with van der Waals surface area (Å²) in [7, 11) is 3.61. The van der Waals surface area contributed by atoms with Crippen molar-refractivity contribution in [2.75, 3.05) is 19.4 Å². The smallest absolute Gasteiger partial charge is 0.233 e. The monoisotopic (exact) mass is 331 g/mol. The minimum atomic E-state index is 0.152. The fourth-order valence-corrected chi connectivity index (χ4v) is 3.78. The zero-order valence-corrected chi connectivity index (χ0v) is 14.3. The summed E-state index contributed by atoms with van der Waals surface area (Å²) in [5, 5.41) is 0.871. The predicted octanol–water partition coefficient (Wildman–Crippen LogP) is 2.88. The number of amides is 1. The summed E-state index contributed by atoms with van der Waals surface area (Å²) >= 11 is 1.49. The second-order valence-electron chi connectivity index (χ2n) is 5.63. The van der Waals surface area contributed by atoms with Crippen molar-refractivity contribution < 1.29 is 9.53 Å². The normalized spacial score (nSPS) is 17.5. The first-order chi connectivity index (χ1) is 11.2. The lowest BCUT2D eigenvalue weighted by molar-refractivity contribution is -0.129. The maximum atomic E-state index is 12.6. The molecule has 1 unspecified atom stereocenters. The summed E-state index contributed by atoms with van der Waals surface area (Å²) in [6.45, 7) is 0.821. The number of benzene rings is 1. The van der Waals surface area contributed by atoms with Crippen molar-refractivity contribution in [3.05, 3.63) is 42.2 Å². The number of carbonyl (C=O) groups excluding carboxylic acids is 1. The van der Waals surface area contributed by atoms with Crippen LogP contribution in [-0.2, 0) is 11.8 Å². The van der Waals surface area contributed by atoms with Crippen LogP contribution < -0.4 is 4.74 Å². The number of hydrogen-bond donors (Lipinski definition) is 0. The van der Waals surface area contributed by atoms with E-state index in [0.717, 1.165) is 35.9 Å². The van der Waals surface area contributed by atoms with E-state index in [9.17, 15) is 4.79 Å². The number of imidazole rings is 1. The van der Waals surface area contributed by atoms with Gasteiger partial charge in [0.25, 0.3) is 0 Å². The molecule has 1 aromatic heterocycles. The maximum Gasteiger partial charge on any atom is 0.233 e. The Balaban J connectivity index is 1.68. The zero-order chi connectivity index (χ0) is 16.2. The molecular formula is C17H21N3O2S. The van der Waals surface area contributed by atoms with E-state index in [4.69, 9.17) is 4.74 Å². The van der Waals surface area contributed by atoms with Crippen LogP contribution in [0.5, 0.6) is 5.75 Å². The van der Waals surface area contributed by atoms with Crippen LogP contribution in [0.2, 0.25) is 0 Å².